The molecule has 0 aliphatic heterocycles. The van der Waals surface area contributed by atoms with Crippen molar-refractivity contribution in [3.05, 3.63) is 29.3 Å². The van der Waals surface area contributed by atoms with E-state index in [4.69, 9.17) is 10.5 Å². The highest BCUT2D eigenvalue weighted by atomic mass is 16.5. The largest absolute Gasteiger partial charge is 0.493 e. The van der Waals surface area contributed by atoms with E-state index in [0.717, 1.165) is 37.5 Å². The summed E-state index contributed by atoms with van der Waals surface area (Å²) in [4.78, 5) is 0. The van der Waals surface area contributed by atoms with E-state index < -0.39 is 0 Å². The average Bonchev–Trinajstić information content (AvgIpc) is 3.21. The number of hydrogen-bond acceptors (Lipinski definition) is 2. The first-order valence-corrected chi connectivity index (χ1v) is 7.23. The molecule has 0 heterocycles. The third-order valence-corrected chi connectivity index (χ3v) is 3.75. The van der Waals surface area contributed by atoms with E-state index in [9.17, 15) is 0 Å². The molecule has 1 aliphatic rings. The Morgan fingerprint density at radius 2 is 2.06 bits per heavy atom. The third-order valence-electron chi connectivity index (χ3n) is 3.75. The third kappa shape index (κ3) is 3.74. The van der Waals surface area contributed by atoms with Crippen LogP contribution in [0.25, 0.3) is 0 Å². The maximum absolute atomic E-state index is 6.04. The van der Waals surface area contributed by atoms with Crippen LogP contribution in [0, 0.1) is 5.92 Å². The van der Waals surface area contributed by atoms with Crippen molar-refractivity contribution in [3.8, 4) is 5.75 Å². The molecule has 1 fully saturated rings. The fourth-order valence-corrected chi connectivity index (χ4v) is 2.15. The summed E-state index contributed by atoms with van der Waals surface area (Å²) in [6.45, 7) is 5.22. The first-order chi connectivity index (χ1) is 8.72. The molecular weight excluding hydrogens is 222 g/mol. The molecule has 1 aromatic carbocycles. The minimum absolute atomic E-state index is 0.272. The minimum Gasteiger partial charge on any atom is -0.493 e. The van der Waals surface area contributed by atoms with Gasteiger partial charge in [0.25, 0.3) is 0 Å². The van der Waals surface area contributed by atoms with Crippen LogP contribution in [0.1, 0.15) is 44.2 Å². The number of benzene rings is 1. The zero-order valence-electron chi connectivity index (χ0n) is 11.6. The zero-order valence-corrected chi connectivity index (χ0v) is 11.6. The Kier molecular flexibility index (Phi) is 4.65. The Morgan fingerprint density at radius 3 is 2.67 bits per heavy atom. The molecule has 0 radical (unpaired) electrons. The van der Waals surface area contributed by atoms with Crippen molar-refractivity contribution in [1.29, 1.82) is 0 Å². The maximum atomic E-state index is 6.04. The van der Waals surface area contributed by atoms with Crippen molar-refractivity contribution in [2.75, 3.05) is 6.61 Å². The van der Waals surface area contributed by atoms with E-state index in [-0.39, 0.29) is 6.04 Å². The predicted molar refractivity (Wildman–Crippen MR) is 76.0 cm³/mol. The van der Waals surface area contributed by atoms with Gasteiger partial charge >= 0.3 is 0 Å². The molecule has 0 amide bonds. The molecule has 0 aromatic heterocycles. The molecule has 1 saturated carbocycles. The second kappa shape index (κ2) is 6.24. The molecule has 0 spiro atoms. The van der Waals surface area contributed by atoms with Gasteiger partial charge in [0.2, 0.25) is 0 Å². The molecule has 2 rings (SSSR count). The van der Waals surface area contributed by atoms with Crippen LogP contribution >= 0.6 is 0 Å². The number of rotatable bonds is 7. The predicted octanol–water partition coefficient (Wildman–Crippen LogP) is 3.32. The van der Waals surface area contributed by atoms with Crippen molar-refractivity contribution < 1.29 is 4.74 Å². The fraction of sp³-hybridized carbons (Fsp3) is 0.625. The van der Waals surface area contributed by atoms with E-state index in [2.05, 4.69) is 32.0 Å². The van der Waals surface area contributed by atoms with Gasteiger partial charge in [-0.1, -0.05) is 19.9 Å². The van der Waals surface area contributed by atoms with E-state index in [0.29, 0.717) is 0 Å². The van der Waals surface area contributed by atoms with Gasteiger partial charge in [-0.25, -0.2) is 0 Å². The monoisotopic (exact) mass is 247 g/mol. The summed E-state index contributed by atoms with van der Waals surface area (Å²) in [5.74, 6) is 1.83. The lowest BCUT2D eigenvalue weighted by molar-refractivity contribution is 0.299. The van der Waals surface area contributed by atoms with Crippen LogP contribution < -0.4 is 10.5 Å². The van der Waals surface area contributed by atoms with Crippen LogP contribution in [-0.2, 0) is 12.8 Å². The highest BCUT2D eigenvalue weighted by Crippen LogP contribution is 2.30. The summed E-state index contributed by atoms with van der Waals surface area (Å²) >= 11 is 0. The molecule has 18 heavy (non-hydrogen) atoms. The van der Waals surface area contributed by atoms with Gasteiger partial charge in [0, 0.05) is 6.04 Å². The molecule has 1 aromatic rings. The molecule has 0 saturated heterocycles. The molecule has 1 atom stereocenters. The van der Waals surface area contributed by atoms with Crippen molar-refractivity contribution in [2.45, 2.75) is 52.0 Å². The fourth-order valence-electron chi connectivity index (χ4n) is 2.15. The van der Waals surface area contributed by atoms with Crippen LogP contribution in [0.2, 0.25) is 0 Å². The summed E-state index contributed by atoms with van der Waals surface area (Å²) in [6, 6.07) is 6.75. The molecule has 0 bridgehead atoms. The van der Waals surface area contributed by atoms with Crippen molar-refractivity contribution in [1.82, 2.24) is 0 Å². The minimum atomic E-state index is 0.272. The molecule has 1 aliphatic carbocycles. The summed E-state index contributed by atoms with van der Waals surface area (Å²) in [5, 5.41) is 0. The lowest BCUT2D eigenvalue weighted by Crippen LogP contribution is -2.22. The molecule has 2 nitrogen and oxygen atoms in total. The van der Waals surface area contributed by atoms with Gasteiger partial charge in [0.1, 0.15) is 5.75 Å². The molecule has 1 unspecified atom stereocenters. The molecular formula is C16H25NO. The Morgan fingerprint density at radius 1 is 1.28 bits per heavy atom. The van der Waals surface area contributed by atoms with Gasteiger partial charge < -0.3 is 10.5 Å². The Hall–Kier alpha value is -1.02. The first-order valence-electron chi connectivity index (χ1n) is 7.23. The van der Waals surface area contributed by atoms with Crippen LogP contribution in [0.15, 0.2) is 18.2 Å². The quantitative estimate of drug-likeness (QED) is 0.802. The van der Waals surface area contributed by atoms with Crippen molar-refractivity contribution in [3.63, 3.8) is 0 Å². The van der Waals surface area contributed by atoms with E-state index >= 15 is 0 Å². The smallest absolute Gasteiger partial charge is 0.119 e. The van der Waals surface area contributed by atoms with Crippen LogP contribution in [0.5, 0.6) is 5.75 Å². The number of hydrogen-bond donors (Lipinski definition) is 1. The van der Waals surface area contributed by atoms with Crippen LogP contribution in [0.3, 0.4) is 0 Å². The second-order valence-corrected chi connectivity index (χ2v) is 5.41. The highest BCUT2D eigenvalue weighted by Gasteiger charge is 2.22. The lowest BCUT2D eigenvalue weighted by atomic mass is 9.97. The lowest BCUT2D eigenvalue weighted by Gasteiger charge is -2.14. The topological polar surface area (TPSA) is 35.2 Å². The van der Waals surface area contributed by atoms with Crippen LogP contribution in [-0.4, -0.2) is 12.6 Å². The molecule has 2 N–H and O–H groups in total. The average molecular weight is 247 g/mol. The van der Waals surface area contributed by atoms with Crippen molar-refractivity contribution >= 4 is 0 Å². The summed E-state index contributed by atoms with van der Waals surface area (Å²) in [5.41, 5.74) is 8.80. The van der Waals surface area contributed by atoms with E-state index in [1.807, 2.05) is 0 Å². The van der Waals surface area contributed by atoms with Gasteiger partial charge in [0.05, 0.1) is 6.61 Å². The highest BCUT2D eigenvalue weighted by molar-refractivity contribution is 5.36. The standard InChI is InChI=1S/C16H25NO/c1-3-13-10-16(18-11-12-5-6-12)8-7-14(13)9-15(17)4-2/h7-8,10,12,15H,3-6,9,11,17H2,1-2H3. The number of ether oxygens (including phenoxy) is 1. The number of aryl methyl sites for hydroxylation is 1. The van der Waals surface area contributed by atoms with Gasteiger partial charge in [-0.3, -0.25) is 0 Å². The zero-order chi connectivity index (χ0) is 13.0. The Balaban J connectivity index is 2.01. The Labute approximate surface area is 111 Å². The summed E-state index contributed by atoms with van der Waals surface area (Å²) in [7, 11) is 0. The van der Waals surface area contributed by atoms with Gasteiger partial charge in [-0.15, -0.1) is 0 Å². The molecule has 2 heteroatoms. The van der Waals surface area contributed by atoms with Gasteiger partial charge in [-0.2, -0.15) is 0 Å². The van der Waals surface area contributed by atoms with Gasteiger partial charge in [-0.05, 0) is 61.3 Å². The SMILES string of the molecule is CCc1cc(OCC2CC2)ccc1CC(N)CC. The Bertz CT molecular complexity index is 385. The second-order valence-electron chi connectivity index (χ2n) is 5.41. The maximum Gasteiger partial charge on any atom is 0.119 e. The normalized spacial score (nSPS) is 16.6. The van der Waals surface area contributed by atoms with E-state index in [1.165, 1.54) is 24.0 Å². The summed E-state index contributed by atoms with van der Waals surface area (Å²) in [6.07, 6.45) is 5.73. The van der Waals surface area contributed by atoms with Gasteiger partial charge in [0.15, 0.2) is 0 Å². The van der Waals surface area contributed by atoms with E-state index in [1.54, 1.807) is 0 Å². The molecule has 100 valence electrons. The van der Waals surface area contributed by atoms with Crippen molar-refractivity contribution in [2.24, 2.45) is 11.7 Å². The first kappa shape index (κ1) is 13.4. The number of nitrogens with two attached hydrogens (primary N) is 1. The summed E-state index contributed by atoms with van der Waals surface area (Å²) < 4.78 is 5.83. The van der Waals surface area contributed by atoms with Crippen LogP contribution in [0.4, 0.5) is 0 Å².